The molecule has 2 aromatic rings. The van der Waals surface area contributed by atoms with E-state index >= 15 is 0 Å². The number of carbonyl (C=O) groups is 1. The molecular formula is C17H15ClN2O2. The second-order valence-electron chi connectivity index (χ2n) is 5.66. The van der Waals surface area contributed by atoms with E-state index in [0.29, 0.717) is 17.0 Å². The van der Waals surface area contributed by atoms with Gasteiger partial charge in [0.25, 0.3) is 0 Å². The predicted octanol–water partition coefficient (Wildman–Crippen LogP) is 3.32. The van der Waals surface area contributed by atoms with Crippen LogP contribution in [-0.2, 0) is 11.2 Å². The van der Waals surface area contributed by atoms with Crippen molar-refractivity contribution >= 4 is 28.5 Å². The number of nitrogens with one attached hydrogen (secondary N) is 1. The van der Waals surface area contributed by atoms with Crippen LogP contribution in [0.5, 0.6) is 0 Å². The number of nitrogens with zero attached hydrogens (tertiary/aromatic N) is 1. The Balaban J connectivity index is 1.92. The molecule has 2 heterocycles. The van der Waals surface area contributed by atoms with Gasteiger partial charge in [0.1, 0.15) is 0 Å². The van der Waals surface area contributed by atoms with E-state index in [0.717, 1.165) is 16.5 Å². The topological polar surface area (TPSA) is 62.2 Å². The summed E-state index contributed by atoms with van der Waals surface area (Å²) in [6.45, 7) is 1.97. The molecular weight excluding hydrogens is 300 g/mol. The monoisotopic (exact) mass is 314 g/mol. The highest BCUT2D eigenvalue weighted by Crippen LogP contribution is 2.24. The first-order valence-corrected chi connectivity index (χ1v) is 7.28. The second kappa shape index (κ2) is 5.46. The SMILES string of the molecule is CC1(Cc2ccc3ncc(Cl)cc3c2)C=C(C(=O)O)C=CN1. The zero-order chi connectivity index (χ0) is 15.7. The van der Waals surface area contributed by atoms with Crippen LogP contribution in [0, 0.1) is 0 Å². The fourth-order valence-corrected chi connectivity index (χ4v) is 2.84. The minimum absolute atomic E-state index is 0.298. The van der Waals surface area contributed by atoms with Crippen LogP contribution in [0.3, 0.4) is 0 Å². The molecule has 1 aliphatic heterocycles. The lowest BCUT2D eigenvalue weighted by atomic mass is 9.88. The highest BCUT2D eigenvalue weighted by atomic mass is 35.5. The average Bonchev–Trinajstić information content (AvgIpc) is 2.46. The summed E-state index contributed by atoms with van der Waals surface area (Å²) < 4.78 is 0. The lowest BCUT2D eigenvalue weighted by molar-refractivity contribution is -0.132. The van der Waals surface area contributed by atoms with Crippen molar-refractivity contribution in [3.05, 3.63) is 65.0 Å². The van der Waals surface area contributed by atoms with Crippen LogP contribution in [0.1, 0.15) is 12.5 Å². The van der Waals surface area contributed by atoms with Gasteiger partial charge in [0.2, 0.25) is 0 Å². The van der Waals surface area contributed by atoms with Crippen molar-refractivity contribution in [3.63, 3.8) is 0 Å². The normalized spacial score (nSPS) is 20.5. The molecule has 1 aromatic carbocycles. The summed E-state index contributed by atoms with van der Waals surface area (Å²) in [7, 11) is 0. The van der Waals surface area contributed by atoms with Crippen molar-refractivity contribution < 1.29 is 9.90 Å². The Hall–Kier alpha value is -2.33. The Morgan fingerprint density at radius 3 is 3.00 bits per heavy atom. The third-order valence-electron chi connectivity index (χ3n) is 3.68. The van der Waals surface area contributed by atoms with Crippen molar-refractivity contribution in [3.8, 4) is 0 Å². The van der Waals surface area contributed by atoms with Crippen LogP contribution in [0.25, 0.3) is 10.9 Å². The van der Waals surface area contributed by atoms with Crippen molar-refractivity contribution in [2.75, 3.05) is 0 Å². The third-order valence-corrected chi connectivity index (χ3v) is 3.89. The Morgan fingerprint density at radius 2 is 2.23 bits per heavy atom. The van der Waals surface area contributed by atoms with Crippen LogP contribution in [-0.4, -0.2) is 21.6 Å². The zero-order valence-electron chi connectivity index (χ0n) is 12.0. The molecule has 1 unspecified atom stereocenters. The van der Waals surface area contributed by atoms with E-state index in [9.17, 15) is 4.79 Å². The lowest BCUT2D eigenvalue weighted by Gasteiger charge is -2.30. The van der Waals surface area contributed by atoms with Gasteiger partial charge in [-0.25, -0.2) is 4.79 Å². The molecule has 1 aliphatic rings. The van der Waals surface area contributed by atoms with Crippen molar-refractivity contribution in [2.45, 2.75) is 18.9 Å². The third kappa shape index (κ3) is 2.97. The summed E-state index contributed by atoms with van der Waals surface area (Å²) in [5.74, 6) is -0.918. The number of aromatic nitrogens is 1. The largest absolute Gasteiger partial charge is 0.478 e. The fourth-order valence-electron chi connectivity index (χ4n) is 2.68. The maximum absolute atomic E-state index is 11.1. The van der Waals surface area contributed by atoms with Gasteiger partial charge in [-0.3, -0.25) is 4.98 Å². The molecule has 0 aliphatic carbocycles. The van der Waals surface area contributed by atoms with Crippen LogP contribution >= 0.6 is 11.6 Å². The van der Waals surface area contributed by atoms with E-state index in [1.165, 1.54) is 0 Å². The Morgan fingerprint density at radius 1 is 1.41 bits per heavy atom. The standard InChI is InChI=1S/C17H15ClN2O2/c1-17(9-12(16(21)22)4-5-20-17)8-11-2-3-15-13(6-11)7-14(18)10-19-15/h2-7,9-10,20H,8H2,1H3,(H,21,22). The number of fused-ring (bicyclic) bond motifs is 1. The number of aliphatic carboxylic acids is 1. The number of pyridine rings is 1. The molecule has 0 saturated heterocycles. The molecule has 0 fully saturated rings. The number of carboxylic acid groups (broad SMARTS) is 1. The first-order chi connectivity index (χ1) is 10.5. The van der Waals surface area contributed by atoms with Gasteiger partial charge in [-0.05, 0) is 55.5 Å². The van der Waals surface area contributed by atoms with Gasteiger partial charge in [-0.2, -0.15) is 0 Å². The van der Waals surface area contributed by atoms with Crippen LogP contribution in [0.4, 0.5) is 0 Å². The predicted molar refractivity (Wildman–Crippen MR) is 86.9 cm³/mol. The molecule has 2 N–H and O–H groups in total. The molecule has 0 radical (unpaired) electrons. The molecule has 0 spiro atoms. The summed E-state index contributed by atoms with van der Waals surface area (Å²) in [4.78, 5) is 15.4. The Labute approximate surface area is 133 Å². The smallest absolute Gasteiger partial charge is 0.335 e. The molecule has 22 heavy (non-hydrogen) atoms. The number of halogens is 1. The molecule has 5 heteroatoms. The lowest BCUT2D eigenvalue weighted by Crippen LogP contribution is -2.41. The van der Waals surface area contributed by atoms with Crippen LogP contribution in [0.15, 0.2) is 54.4 Å². The molecule has 1 atom stereocenters. The number of carboxylic acids is 1. The number of hydrogen-bond donors (Lipinski definition) is 2. The Bertz CT molecular complexity index is 813. The molecule has 3 rings (SSSR count). The minimum Gasteiger partial charge on any atom is -0.478 e. The first-order valence-electron chi connectivity index (χ1n) is 6.90. The van der Waals surface area contributed by atoms with Crippen molar-refractivity contribution in [1.29, 1.82) is 0 Å². The highest BCUT2D eigenvalue weighted by Gasteiger charge is 2.25. The van der Waals surface area contributed by atoms with Gasteiger partial charge < -0.3 is 10.4 Å². The highest BCUT2D eigenvalue weighted by molar-refractivity contribution is 6.31. The molecule has 0 bridgehead atoms. The average molecular weight is 315 g/mol. The summed E-state index contributed by atoms with van der Waals surface area (Å²) >= 11 is 5.99. The minimum atomic E-state index is -0.918. The van der Waals surface area contributed by atoms with Gasteiger partial charge in [0.05, 0.1) is 21.7 Å². The molecule has 0 saturated carbocycles. The second-order valence-corrected chi connectivity index (χ2v) is 6.09. The van der Waals surface area contributed by atoms with Crippen LogP contribution < -0.4 is 5.32 Å². The molecule has 1 aromatic heterocycles. The van der Waals surface area contributed by atoms with Crippen molar-refractivity contribution in [1.82, 2.24) is 10.3 Å². The molecule has 0 amide bonds. The summed E-state index contributed by atoms with van der Waals surface area (Å²) in [5.41, 5.74) is 1.83. The number of hydrogen-bond acceptors (Lipinski definition) is 3. The quantitative estimate of drug-likeness (QED) is 0.912. The van der Waals surface area contributed by atoms with Gasteiger partial charge in [0.15, 0.2) is 0 Å². The fraction of sp³-hybridized carbons (Fsp3) is 0.176. The van der Waals surface area contributed by atoms with Gasteiger partial charge in [0, 0.05) is 11.6 Å². The van der Waals surface area contributed by atoms with E-state index in [4.69, 9.17) is 16.7 Å². The molecule has 112 valence electrons. The number of benzene rings is 1. The summed E-state index contributed by atoms with van der Waals surface area (Å²) in [6.07, 6.45) is 7.28. The summed E-state index contributed by atoms with van der Waals surface area (Å²) in [6, 6.07) is 7.86. The van der Waals surface area contributed by atoms with Gasteiger partial charge >= 0.3 is 5.97 Å². The van der Waals surface area contributed by atoms with E-state index < -0.39 is 11.5 Å². The maximum atomic E-state index is 11.1. The first kappa shape index (κ1) is 14.6. The number of dihydropyridines is 1. The molecule has 4 nitrogen and oxygen atoms in total. The van der Waals surface area contributed by atoms with Crippen molar-refractivity contribution in [2.24, 2.45) is 0 Å². The van der Waals surface area contributed by atoms with E-state index in [1.807, 2.05) is 31.2 Å². The van der Waals surface area contributed by atoms with E-state index in [-0.39, 0.29) is 0 Å². The van der Waals surface area contributed by atoms with Crippen LogP contribution in [0.2, 0.25) is 5.02 Å². The van der Waals surface area contributed by atoms with E-state index in [2.05, 4.69) is 10.3 Å². The summed E-state index contributed by atoms with van der Waals surface area (Å²) in [5, 5.41) is 13.9. The zero-order valence-corrected chi connectivity index (χ0v) is 12.8. The van der Waals surface area contributed by atoms with Gasteiger partial charge in [-0.1, -0.05) is 17.7 Å². The maximum Gasteiger partial charge on any atom is 0.335 e. The van der Waals surface area contributed by atoms with E-state index in [1.54, 1.807) is 24.5 Å². The number of rotatable bonds is 3. The Kier molecular flexibility index (Phi) is 3.62. The van der Waals surface area contributed by atoms with Gasteiger partial charge in [-0.15, -0.1) is 0 Å².